The van der Waals surface area contributed by atoms with Crippen molar-refractivity contribution >= 4 is 11.8 Å². The normalized spacial score (nSPS) is 22.5. The number of benzene rings is 1. The quantitative estimate of drug-likeness (QED) is 0.836. The Kier molecular flexibility index (Phi) is 4.31. The second kappa shape index (κ2) is 5.76. The van der Waals surface area contributed by atoms with Crippen LogP contribution < -0.4 is 10.1 Å². The fraction of sp³-hybridized carbons (Fsp3) is 0.538. The number of methoxy groups -OCH3 is 1. The Morgan fingerprint density at radius 2 is 2.35 bits per heavy atom. The summed E-state index contributed by atoms with van der Waals surface area (Å²) in [6.45, 7) is 0.247. The molecule has 4 heteroatoms. The summed E-state index contributed by atoms with van der Waals surface area (Å²) in [4.78, 5) is 0. The molecule has 2 rings (SSSR count). The van der Waals surface area contributed by atoms with Gasteiger partial charge in [-0.15, -0.1) is 0 Å². The number of aliphatic hydroxyl groups is 1. The molecule has 1 aromatic carbocycles. The summed E-state index contributed by atoms with van der Waals surface area (Å²) in [5, 5.41) is 12.8. The van der Waals surface area contributed by atoms with Crippen molar-refractivity contribution in [1.82, 2.24) is 5.32 Å². The number of rotatable bonds is 5. The largest absolute Gasteiger partial charge is 0.497 e. The highest BCUT2D eigenvalue weighted by atomic mass is 32.2. The highest BCUT2D eigenvalue weighted by Crippen LogP contribution is 2.39. The number of hydrogen-bond donors (Lipinski definition) is 2. The highest BCUT2D eigenvalue weighted by Gasteiger charge is 2.31. The molecule has 0 saturated heterocycles. The number of hydrogen-bond acceptors (Lipinski definition) is 4. The van der Waals surface area contributed by atoms with E-state index in [0.29, 0.717) is 11.3 Å². The lowest BCUT2D eigenvalue weighted by Gasteiger charge is -2.19. The van der Waals surface area contributed by atoms with E-state index in [1.54, 1.807) is 7.11 Å². The van der Waals surface area contributed by atoms with Gasteiger partial charge in [0, 0.05) is 17.0 Å². The van der Waals surface area contributed by atoms with Gasteiger partial charge in [-0.05, 0) is 36.7 Å². The molecule has 0 aromatic heterocycles. The van der Waals surface area contributed by atoms with Crippen molar-refractivity contribution in [3.8, 4) is 5.75 Å². The fourth-order valence-electron chi connectivity index (χ4n) is 2.41. The Bertz CT molecular complexity index is 384. The topological polar surface area (TPSA) is 41.5 Å². The molecule has 2 N–H and O–H groups in total. The lowest BCUT2D eigenvalue weighted by atomic mass is 10.1. The van der Waals surface area contributed by atoms with Crippen molar-refractivity contribution in [2.45, 2.75) is 17.7 Å². The van der Waals surface area contributed by atoms with Gasteiger partial charge in [0.25, 0.3) is 0 Å². The lowest BCUT2D eigenvalue weighted by molar-refractivity contribution is 0.322. The number of aliphatic hydroxyl groups excluding tert-OH is 1. The standard InChI is InChI=1S/C13H19NO2S/c1-14-13-11-8-10(16-2)4-3-9(11)7-12(13)17-6-5-15/h3-4,8,12-15H,5-7H2,1-2H3. The Balaban J connectivity index is 2.19. The average molecular weight is 253 g/mol. The molecule has 1 aliphatic carbocycles. The highest BCUT2D eigenvalue weighted by molar-refractivity contribution is 8.00. The van der Waals surface area contributed by atoms with Gasteiger partial charge in [-0.25, -0.2) is 0 Å². The summed E-state index contributed by atoms with van der Waals surface area (Å²) in [6, 6.07) is 6.65. The van der Waals surface area contributed by atoms with Gasteiger partial charge in [0.05, 0.1) is 13.7 Å². The fourth-order valence-corrected chi connectivity index (χ4v) is 3.59. The van der Waals surface area contributed by atoms with Crippen LogP contribution >= 0.6 is 11.8 Å². The Hall–Kier alpha value is -0.710. The molecule has 3 nitrogen and oxygen atoms in total. The summed E-state index contributed by atoms with van der Waals surface area (Å²) in [7, 11) is 3.69. The summed E-state index contributed by atoms with van der Waals surface area (Å²) in [6.07, 6.45) is 1.06. The second-order valence-electron chi connectivity index (χ2n) is 4.17. The first-order chi connectivity index (χ1) is 8.30. The molecule has 0 radical (unpaired) electrons. The second-order valence-corrected chi connectivity index (χ2v) is 5.52. The molecule has 0 amide bonds. The van der Waals surface area contributed by atoms with Gasteiger partial charge in [0.2, 0.25) is 0 Å². The molecule has 0 heterocycles. The number of thioether (sulfide) groups is 1. The molecular formula is C13H19NO2S. The van der Waals surface area contributed by atoms with Crippen LogP contribution in [-0.4, -0.2) is 36.9 Å². The SMILES string of the molecule is CNC1c2cc(OC)ccc2CC1SCCO. The zero-order valence-electron chi connectivity index (χ0n) is 10.3. The van der Waals surface area contributed by atoms with Crippen molar-refractivity contribution in [2.24, 2.45) is 0 Å². The first-order valence-corrected chi connectivity index (χ1v) is 6.91. The molecule has 0 spiro atoms. The summed E-state index contributed by atoms with van der Waals surface area (Å²) in [5.41, 5.74) is 2.72. The third kappa shape index (κ3) is 2.59. The molecule has 0 fully saturated rings. The van der Waals surface area contributed by atoms with Crippen molar-refractivity contribution in [2.75, 3.05) is 26.5 Å². The van der Waals surface area contributed by atoms with Crippen molar-refractivity contribution in [3.05, 3.63) is 29.3 Å². The molecule has 94 valence electrons. The van der Waals surface area contributed by atoms with Crippen LogP contribution in [0.5, 0.6) is 5.75 Å². The maximum absolute atomic E-state index is 8.92. The molecule has 0 aliphatic heterocycles. The molecule has 1 aromatic rings. The summed E-state index contributed by atoms with van der Waals surface area (Å²) >= 11 is 1.83. The van der Waals surface area contributed by atoms with E-state index in [0.717, 1.165) is 17.9 Å². The van der Waals surface area contributed by atoms with E-state index in [1.807, 2.05) is 24.9 Å². The zero-order chi connectivity index (χ0) is 12.3. The molecule has 2 atom stereocenters. The monoisotopic (exact) mass is 253 g/mol. The minimum atomic E-state index is 0.247. The van der Waals surface area contributed by atoms with Crippen molar-refractivity contribution in [3.63, 3.8) is 0 Å². The van der Waals surface area contributed by atoms with Crippen LogP contribution in [0, 0.1) is 0 Å². The van der Waals surface area contributed by atoms with Crippen LogP contribution in [0.2, 0.25) is 0 Å². The van der Waals surface area contributed by atoms with Crippen LogP contribution in [0.15, 0.2) is 18.2 Å². The van der Waals surface area contributed by atoms with Crippen molar-refractivity contribution < 1.29 is 9.84 Å². The van der Waals surface area contributed by atoms with Crippen LogP contribution in [-0.2, 0) is 6.42 Å². The van der Waals surface area contributed by atoms with Crippen LogP contribution in [0.1, 0.15) is 17.2 Å². The van der Waals surface area contributed by atoms with Gasteiger partial charge >= 0.3 is 0 Å². The number of fused-ring (bicyclic) bond motifs is 1. The lowest BCUT2D eigenvalue weighted by Crippen LogP contribution is -2.24. The molecular weight excluding hydrogens is 234 g/mol. The van der Waals surface area contributed by atoms with Gasteiger partial charge in [0.15, 0.2) is 0 Å². The van der Waals surface area contributed by atoms with Gasteiger partial charge in [-0.3, -0.25) is 0 Å². The van der Waals surface area contributed by atoms with E-state index in [-0.39, 0.29) is 6.61 Å². The number of nitrogens with one attached hydrogen (secondary N) is 1. The smallest absolute Gasteiger partial charge is 0.119 e. The predicted molar refractivity (Wildman–Crippen MR) is 71.8 cm³/mol. The summed E-state index contributed by atoms with van der Waals surface area (Å²) < 4.78 is 5.27. The maximum Gasteiger partial charge on any atom is 0.119 e. The molecule has 0 bridgehead atoms. The molecule has 1 aliphatic rings. The van der Waals surface area contributed by atoms with Gasteiger partial charge in [0.1, 0.15) is 5.75 Å². The molecule has 17 heavy (non-hydrogen) atoms. The van der Waals surface area contributed by atoms with Crippen LogP contribution in [0.3, 0.4) is 0 Å². The van der Waals surface area contributed by atoms with Gasteiger partial charge < -0.3 is 15.2 Å². The van der Waals surface area contributed by atoms with E-state index >= 15 is 0 Å². The molecule has 0 saturated carbocycles. The van der Waals surface area contributed by atoms with Gasteiger partial charge in [-0.1, -0.05) is 6.07 Å². The Morgan fingerprint density at radius 1 is 1.53 bits per heavy atom. The third-order valence-electron chi connectivity index (χ3n) is 3.22. The van der Waals surface area contributed by atoms with Crippen LogP contribution in [0.4, 0.5) is 0 Å². The van der Waals surface area contributed by atoms with Gasteiger partial charge in [-0.2, -0.15) is 11.8 Å². The van der Waals surface area contributed by atoms with Crippen LogP contribution in [0.25, 0.3) is 0 Å². The number of ether oxygens (including phenoxy) is 1. The third-order valence-corrected chi connectivity index (χ3v) is 4.50. The van der Waals surface area contributed by atoms with E-state index in [9.17, 15) is 0 Å². The minimum Gasteiger partial charge on any atom is -0.497 e. The first kappa shape index (κ1) is 12.7. The Labute approximate surface area is 107 Å². The zero-order valence-corrected chi connectivity index (χ0v) is 11.1. The Morgan fingerprint density at radius 3 is 3.00 bits per heavy atom. The molecule has 2 unspecified atom stereocenters. The first-order valence-electron chi connectivity index (χ1n) is 5.86. The van der Waals surface area contributed by atoms with E-state index in [4.69, 9.17) is 9.84 Å². The van der Waals surface area contributed by atoms with E-state index in [1.165, 1.54) is 11.1 Å². The summed E-state index contributed by atoms with van der Waals surface area (Å²) in [5.74, 6) is 1.71. The van der Waals surface area contributed by atoms with Crippen molar-refractivity contribution in [1.29, 1.82) is 0 Å². The maximum atomic E-state index is 8.92. The predicted octanol–water partition coefficient (Wildman–Crippen LogP) is 1.61. The van der Waals surface area contributed by atoms with E-state index in [2.05, 4.69) is 17.4 Å². The minimum absolute atomic E-state index is 0.247. The average Bonchev–Trinajstić information content (AvgIpc) is 2.72. The van der Waals surface area contributed by atoms with E-state index < -0.39 is 0 Å².